The Morgan fingerprint density at radius 2 is 1.63 bits per heavy atom. The van der Waals surface area contributed by atoms with E-state index >= 15 is 0 Å². The van der Waals surface area contributed by atoms with Crippen molar-refractivity contribution in [1.82, 2.24) is 4.98 Å². The van der Waals surface area contributed by atoms with Crippen LogP contribution < -0.4 is 10.1 Å². The third-order valence-corrected chi connectivity index (χ3v) is 4.65. The molecule has 4 rings (SSSR count). The van der Waals surface area contributed by atoms with E-state index < -0.39 is 6.04 Å². The van der Waals surface area contributed by atoms with E-state index in [1.165, 1.54) is 0 Å². The van der Waals surface area contributed by atoms with Crippen LogP contribution in [0.15, 0.2) is 85.1 Å². The van der Waals surface area contributed by atoms with E-state index in [1.807, 2.05) is 78.9 Å². The Kier molecular flexibility index (Phi) is 4.62. The van der Waals surface area contributed by atoms with Gasteiger partial charge in [-0.3, -0.25) is 4.79 Å². The topological polar surface area (TPSA) is 54.1 Å². The van der Waals surface area contributed by atoms with E-state index in [0.717, 1.165) is 27.9 Å². The van der Waals surface area contributed by atoms with Crippen molar-refractivity contribution in [1.29, 1.82) is 0 Å². The molecule has 0 fully saturated rings. The summed E-state index contributed by atoms with van der Waals surface area (Å²) in [5.74, 6) is 0.800. The molecular weight excluding hydrogens is 336 g/mol. The number of benzene rings is 3. The average molecular weight is 356 g/mol. The minimum atomic E-state index is -0.487. The second-order valence-corrected chi connectivity index (χ2v) is 6.33. The number of aromatic amines is 1. The number of carbonyl (C=O) groups excluding carboxylic acids is 1. The molecule has 3 aromatic carbocycles. The lowest BCUT2D eigenvalue weighted by atomic mass is 9.96. The average Bonchev–Trinajstić information content (AvgIpc) is 3.17. The highest BCUT2D eigenvalue weighted by molar-refractivity contribution is 6.11. The van der Waals surface area contributed by atoms with Crippen molar-refractivity contribution in [3.05, 3.63) is 96.2 Å². The molecule has 1 aromatic heterocycles. The van der Waals surface area contributed by atoms with Crippen LogP contribution in [-0.4, -0.2) is 17.9 Å². The first-order valence-electron chi connectivity index (χ1n) is 8.82. The molecule has 0 saturated carbocycles. The Balaban J connectivity index is 1.72. The van der Waals surface area contributed by atoms with Gasteiger partial charge in [-0.1, -0.05) is 48.5 Å². The summed E-state index contributed by atoms with van der Waals surface area (Å²) in [6, 6.07) is 24.7. The highest BCUT2D eigenvalue weighted by Gasteiger charge is 2.24. The summed E-state index contributed by atoms with van der Waals surface area (Å²) in [5.41, 5.74) is 3.42. The number of nitrogens with one attached hydrogen (secondary N) is 2. The lowest BCUT2D eigenvalue weighted by molar-refractivity contribution is 0.0971. The zero-order chi connectivity index (χ0) is 18.6. The molecule has 0 saturated heterocycles. The highest BCUT2D eigenvalue weighted by atomic mass is 16.5. The number of rotatable bonds is 6. The summed E-state index contributed by atoms with van der Waals surface area (Å²) in [4.78, 5) is 16.6. The van der Waals surface area contributed by atoms with Crippen molar-refractivity contribution >= 4 is 22.4 Å². The van der Waals surface area contributed by atoms with Gasteiger partial charge in [-0.05, 0) is 35.9 Å². The van der Waals surface area contributed by atoms with E-state index in [9.17, 15) is 4.79 Å². The summed E-state index contributed by atoms with van der Waals surface area (Å²) in [5, 5.41) is 4.31. The van der Waals surface area contributed by atoms with E-state index in [0.29, 0.717) is 5.56 Å². The first kappa shape index (κ1) is 16.9. The van der Waals surface area contributed by atoms with Crippen molar-refractivity contribution in [2.75, 3.05) is 12.4 Å². The van der Waals surface area contributed by atoms with E-state index in [-0.39, 0.29) is 5.78 Å². The number of methoxy groups -OCH3 is 1. The summed E-state index contributed by atoms with van der Waals surface area (Å²) >= 11 is 0. The molecule has 0 aliphatic heterocycles. The van der Waals surface area contributed by atoms with Crippen LogP contribution >= 0.6 is 0 Å². The Morgan fingerprint density at radius 3 is 2.37 bits per heavy atom. The van der Waals surface area contributed by atoms with Crippen molar-refractivity contribution in [2.24, 2.45) is 0 Å². The molecule has 1 atom stereocenters. The molecule has 27 heavy (non-hydrogen) atoms. The third kappa shape index (κ3) is 3.42. The van der Waals surface area contributed by atoms with E-state index in [2.05, 4.69) is 10.3 Å². The van der Waals surface area contributed by atoms with Gasteiger partial charge in [-0.2, -0.15) is 0 Å². The maximum Gasteiger partial charge on any atom is 0.191 e. The number of aromatic nitrogens is 1. The van der Waals surface area contributed by atoms with Crippen LogP contribution in [0.2, 0.25) is 0 Å². The van der Waals surface area contributed by atoms with Crippen LogP contribution in [0.4, 0.5) is 5.69 Å². The molecular formula is C23H20N2O2. The minimum Gasteiger partial charge on any atom is -0.497 e. The quantitative estimate of drug-likeness (QED) is 0.466. The van der Waals surface area contributed by atoms with Crippen molar-refractivity contribution in [2.45, 2.75) is 6.04 Å². The molecule has 0 unspecified atom stereocenters. The van der Waals surface area contributed by atoms with Gasteiger partial charge in [-0.15, -0.1) is 0 Å². The molecule has 4 heteroatoms. The smallest absolute Gasteiger partial charge is 0.191 e. The Labute approximate surface area is 157 Å². The Bertz CT molecular complexity index is 1050. The molecule has 0 bridgehead atoms. The van der Waals surface area contributed by atoms with Gasteiger partial charge in [0.2, 0.25) is 0 Å². The fourth-order valence-corrected chi connectivity index (χ4v) is 3.23. The van der Waals surface area contributed by atoms with E-state index in [1.54, 1.807) is 13.3 Å². The number of Topliss-reactive ketones (excluding diaryl/α,β-unsaturated/α-hetero) is 1. The van der Waals surface area contributed by atoms with Crippen LogP contribution in [0.3, 0.4) is 0 Å². The zero-order valence-electron chi connectivity index (χ0n) is 15.0. The number of para-hydroxylation sites is 1. The standard InChI is InChI=1S/C23H20N2O2/c1-27-18-13-11-17(12-14-18)25-22(16-7-3-2-4-8-16)23(26)20-15-24-21-10-6-5-9-19(20)21/h2-15,22,24-25H,1H3/t22-/m0/s1. The van der Waals surface area contributed by atoms with Crippen molar-refractivity contribution in [3.63, 3.8) is 0 Å². The van der Waals surface area contributed by atoms with Crippen LogP contribution in [-0.2, 0) is 0 Å². The maximum atomic E-state index is 13.4. The lowest BCUT2D eigenvalue weighted by Crippen LogP contribution is -2.21. The largest absolute Gasteiger partial charge is 0.497 e. The van der Waals surface area contributed by atoms with Crippen LogP contribution in [0, 0.1) is 0 Å². The number of carbonyl (C=O) groups is 1. The SMILES string of the molecule is COc1ccc(N[C@H](C(=O)c2c[nH]c3ccccc23)c2ccccc2)cc1. The minimum absolute atomic E-state index is 0.0227. The second-order valence-electron chi connectivity index (χ2n) is 6.33. The van der Waals surface area contributed by atoms with Gasteiger partial charge in [0.1, 0.15) is 11.8 Å². The number of hydrogen-bond acceptors (Lipinski definition) is 3. The summed E-state index contributed by atoms with van der Waals surface area (Å²) in [6.45, 7) is 0. The van der Waals surface area contributed by atoms with Crippen LogP contribution in [0.1, 0.15) is 22.0 Å². The number of anilines is 1. The van der Waals surface area contributed by atoms with Gasteiger partial charge >= 0.3 is 0 Å². The van der Waals surface area contributed by atoms with Crippen LogP contribution in [0.25, 0.3) is 10.9 Å². The molecule has 0 radical (unpaired) electrons. The fraction of sp³-hybridized carbons (Fsp3) is 0.0870. The Morgan fingerprint density at radius 1 is 0.926 bits per heavy atom. The molecule has 0 amide bonds. The number of fused-ring (bicyclic) bond motifs is 1. The third-order valence-electron chi connectivity index (χ3n) is 4.65. The summed E-state index contributed by atoms with van der Waals surface area (Å²) in [7, 11) is 1.63. The molecule has 0 aliphatic carbocycles. The molecule has 4 nitrogen and oxygen atoms in total. The molecule has 4 aromatic rings. The zero-order valence-corrected chi connectivity index (χ0v) is 15.0. The molecule has 134 valence electrons. The molecule has 0 aliphatic rings. The van der Waals surface area contributed by atoms with Gasteiger partial charge in [0.15, 0.2) is 5.78 Å². The fourth-order valence-electron chi connectivity index (χ4n) is 3.23. The second kappa shape index (κ2) is 7.38. The molecule has 0 spiro atoms. The molecule has 2 N–H and O–H groups in total. The highest BCUT2D eigenvalue weighted by Crippen LogP contribution is 2.28. The first-order valence-corrected chi connectivity index (χ1v) is 8.82. The normalized spacial score (nSPS) is 11.9. The Hall–Kier alpha value is -3.53. The maximum absolute atomic E-state index is 13.4. The van der Waals surface area contributed by atoms with Gasteiger partial charge in [0.05, 0.1) is 7.11 Å². The molecule has 1 heterocycles. The van der Waals surface area contributed by atoms with Crippen LogP contribution in [0.5, 0.6) is 5.75 Å². The number of H-pyrrole nitrogens is 1. The number of hydrogen-bond donors (Lipinski definition) is 2. The van der Waals surface area contributed by atoms with Crippen molar-refractivity contribution in [3.8, 4) is 5.75 Å². The summed E-state index contributed by atoms with van der Waals surface area (Å²) < 4.78 is 5.21. The van der Waals surface area contributed by atoms with Crippen molar-refractivity contribution < 1.29 is 9.53 Å². The lowest BCUT2D eigenvalue weighted by Gasteiger charge is -2.19. The predicted molar refractivity (Wildman–Crippen MR) is 108 cm³/mol. The number of ether oxygens (including phenoxy) is 1. The van der Waals surface area contributed by atoms with Gasteiger partial charge in [0.25, 0.3) is 0 Å². The van der Waals surface area contributed by atoms with Gasteiger partial charge in [0, 0.05) is 28.4 Å². The van der Waals surface area contributed by atoms with E-state index in [4.69, 9.17) is 4.74 Å². The van der Waals surface area contributed by atoms with Gasteiger partial charge < -0.3 is 15.0 Å². The monoisotopic (exact) mass is 356 g/mol. The predicted octanol–water partition coefficient (Wildman–Crippen LogP) is 5.21. The number of ketones is 1. The first-order chi connectivity index (χ1) is 13.3. The summed E-state index contributed by atoms with van der Waals surface area (Å²) in [6.07, 6.45) is 1.79. The van der Waals surface area contributed by atoms with Gasteiger partial charge in [-0.25, -0.2) is 0 Å².